The predicted molar refractivity (Wildman–Crippen MR) is 126 cm³/mol. The Labute approximate surface area is 206 Å². The summed E-state index contributed by atoms with van der Waals surface area (Å²) in [4.78, 5) is 17.3. The number of benzene rings is 1. The number of hydrogen-bond donors (Lipinski definition) is 2. The molecule has 2 atom stereocenters. The smallest absolute Gasteiger partial charge is 0.387 e. The van der Waals surface area contributed by atoms with E-state index in [1.807, 2.05) is 0 Å². The van der Waals surface area contributed by atoms with Crippen molar-refractivity contribution in [3.05, 3.63) is 71.8 Å². The molecule has 0 amide bonds. The molecular weight excluding hydrogens is 496 g/mol. The zero-order valence-electron chi connectivity index (χ0n) is 19.1. The molecule has 0 spiro atoms. The number of nitrogens with one attached hydrogen (secondary N) is 1. The van der Waals surface area contributed by atoms with Crippen LogP contribution in [0.2, 0.25) is 0 Å². The number of rotatable bonds is 11. The Balaban J connectivity index is 1.41. The topological polar surface area (TPSA) is 138 Å². The molecule has 1 aliphatic carbocycles. The van der Waals surface area contributed by atoms with Gasteiger partial charge in [-0.25, -0.2) is 5.14 Å². The Hall–Kier alpha value is -3.42. The second kappa shape index (κ2) is 11.1. The van der Waals surface area contributed by atoms with E-state index in [9.17, 15) is 22.0 Å². The number of alkyl halides is 2. The van der Waals surface area contributed by atoms with Gasteiger partial charge in [0.2, 0.25) is 5.78 Å². The summed E-state index contributed by atoms with van der Waals surface area (Å²) in [5.74, 6) is -0.254. The SMILES string of the molecule is NS(=O)(=O)OCC1CCC(Nc2ccncc2C(=O)c2ccn(Cc3cccc(OC(F)F)c3)n2)C1. The second-order valence-electron chi connectivity index (χ2n) is 8.47. The lowest BCUT2D eigenvalue weighted by molar-refractivity contribution is -0.0498. The lowest BCUT2D eigenvalue weighted by Gasteiger charge is -2.16. The van der Waals surface area contributed by atoms with Crippen molar-refractivity contribution >= 4 is 21.8 Å². The van der Waals surface area contributed by atoms with E-state index in [1.165, 1.54) is 23.0 Å². The van der Waals surface area contributed by atoms with E-state index in [2.05, 4.69) is 20.1 Å². The Morgan fingerprint density at radius 1 is 1.25 bits per heavy atom. The van der Waals surface area contributed by atoms with Gasteiger partial charge < -0.3 is 10.1 Å². The van der Waals surface area contributed by atoms with Crippen molar-refractivity contribution < 1.29 is 30.9 Å². The summed E-state index contributed by atoms with van der Waals surface area (Å²) >= 11 is 0. The van der Waals surface area contributed by atoms with E-state index in [4.69, 9.17) is 9.32 Å². The highest BCUT2D eigenvalue weighted by Gasteiger charge is 2.27. The lowest BCUT2D eigenvalue weighted by Crippen LogP contribution is -2.21. The normalized spacial score (nSPS) is 17.9. The molecule has 1 aromatic carbocycles. The van der Waals surface area contributed by atoms with Gasteiger partial charge in [0.05, 0.1) is 18.7 Å². The molecule has 2 aromatic heterocycles. The van der Waals surface area contributed by atoms with Gasteiger partial charge in [-0.15, -0.1) is 0 Å². The van der Waals surface area contributed by atoms with Crippen LogP contribution in [0.3, 0.4) is 0 Å². The summed E-state index contributed by atoms with van der Waals surface area (Å²) in [7, 11) is -3.98. The lowest BCUT2D eigenvalue weighted by atomic mass is 10.1. The van der Waals surface area contributed by atoms with Gasteiger partial charge in [0, 0.05) is 30.3 Å². The van der Waals surface area contributed by atoms with Gasteiger partial charge in [-0.2, -0.15) is 22.3 Å². The molecule has 0 saturated heterocycles. The van der Waals surface area contributed by atoms with Crippen molar-refractivity contribution in [3.63, 3.8) is 0 Å². The minimum absolute atomic E-state index is 0.0216. The highest BCUT2D eigenvalue weighted by Crippen LogP contribution is 2.30. The largest absolute Gasteiger partial charge is 0.435 e. The number of carbonyl (C=O) groups is 1. The molecule has 3 aromatic rings. The Morgan fingerprint density at radius 3 is 2.86 bits per heavy atom. The molecule has 13 heteroatoms. The molecule has 36 heavy (non-hydrogen) atoms. The minimum Gasteiger partial charge on any atom is -0.435 e. The first-order chi connectivity index (χ1) is 17.2. The average molecular weight is 522 g/mol. The molecular formula is C23H25F2N5O5S. The van der Waals surface area contributed by atoms with Crippen LogP contribution in [-0.4, -0.2) is 48.2 Å². The van der Waals surface area contributed by atoms with Gasteiger partial charge in [0.15, 0.2) is 0 Å². The first kappa shape index (κ1) is 25.7. The van der Waals surface area contributed by atoms with Crippen molar-refractivity contribution in [1.82, 2.24) is 14.8 Å². The third-order valence-electron chi connectivity index (χ3n) is 5.78. The Kier molecular flexibility index (Phi) is 7.91. The van der Waals surface area contributed by atoms with Crippen LogP contribution < -0.4 is 15.2 Å². The van der Waals surface area contributed by atoms with E-state index in [1.54, 1.807) is 36.7 Å². The first-order valence-electron chi connectivity index (χ1n) is 11.2. The van der Waals surface area contributed by atoms with Gasteiger partial charge in [0.1, 0.15) is 11.4 Å². The number of ketones is 1. The summed E-state index contributed by atoms with van der Waals surface area (Å²) in [6.07, 6.45) is 6.86. The van der Waals surface area contributed by atoms with Crippen molar-refractivity contribution in [2.45, 2.75) is 38.5 Å². The number of nitrogens with two attached hydrogens (primary N) is 1. The number of anilines is 1. The molecule has 0 aliphatic heterocycles. The summed E-state index contributed by atoms with van der Waals surface area (Å²) in [5, 5.41) is 12.6. The minimum atomic E-state index is -3.98. The van der Waals surface area contributed by atoms with Crippen LogP contribution in [0.25, 0.3) is 0 Å². The monoisotopic (exact) mass is 521 g/mol. The zero-order valence-corrected chi connectivity index (χ0v) is 19.9. The molecule has 3 N–H and O–H groups in total. The van der Waals surface area contributed by atoms with Crippen molar-refractivity contribution in [2.75, 3.05) is 11.9 Å². The van der Waals surface area contributed by atoms with E-state index < -0.39 is 16.9 Å². The molecule has 4 rings (SSSR count). The predicted octanol–water partition coefficient (Wildman–Crippen LogP) is 2.96. The van der Waals surface area contributed by atoms with Crippen LogP contribution in [0.1, 0.15) is 40.9 Å². The fourth-order valence-electron chi connectivity index (χ4n) is 4.19. The van der Waals surface area contributed by atoms with Crippen molar-refractivity contribution in [2.24, 2.45) is 11.1 Å². The van der Waals surface area contributed by atoms with Crippen LogP contribution in [0, 0.1) is 5.92 Å². The molecule has 192 valence electrons. The van der Waals surface area contributed by atoms with Gasteiger partial charge in [0.25, 0.3) is 0 Å². The van der Waals surface area contributed by atoms with E-state index in [0.717, 1.165) is 12.8 Å². The Bertz CT molecular complexity index is 1320. The van der Waals surface area contributed by atoms with E-state index in [-0.39, 0.29) is 42.3 Å². The first-order valence-corrected chi connectivity index (χ1v) is 12.6. The summed E-state index contributed by atoms with van der Waals surface area (Å²) < 4.78 is 57.7. The molecule has 1 saturated carbocycles. The maximum absolute atomic E-state index is 13.2. The second-order valence-corrected chi connectivity index (χ2v) is 9.69. The number of aromatic nitrogens is 3. The molecule has 0 bridgehead atoms. The highest BCUT2D eigenvalue weighted by molar-refractivity contribution is 7.84. The van der Waals surface area contributed by atoms with Gasteiger partial charge >= 0.3 is 16.9 Å². The third-order valence-corrected chi connectivity index (χ3v) is 6.24. The molecule has 1 aliphatic rings. The molecule has 1 fully saturated rings. The zero-order chi connectivity index (χ0) is 25.7. The molecule has 2 heterocycles. The van der Waals surface area contributed by atoms with Crippen LogP contribution in [-0.2, 0) is 21.0 Å². The molecule has 0 radical (unpaired) electrons. The van der Waals surface area contributed by atoms with E-state index in [0.29, 0.717) is 23.2 Å². The van der Waals surface area contributed by atoms with Gasteiger partial charge in [-0.05, 0) is 55.0 Å². The van der Waals surface area contributed by atoms with Crippen LogP contribution in [0.4, 0.5) is 14.5 Å². The standard InChI is InChI=1S/C23H25F2N5O5S/c24-23(25)35-18-3-1-2-15(11-18)13-30-9-7-21(29-30)22(31)19-12-27-8-6-20(19)28-17-5-4-16(10-17)14-34-36(26,32)33/h1-3,6-9,11-12,16-17,23H,4-5,10,13-14H2,(H,27,28)(H2,26,32,33). The van der Waals surface area contributed by atoms with Crippen molar-refractivity contribution in [3.8, 4) is 5.75 Å². The summed E-state index contributed by atoms with van der Waals surface area (Å²) in [6.45, 7) is -2.63. The number of carbonyl (C=O) groups excluding carboxylic acids is 1. The van der Waals surface area contributed by atoms with Gasteiger partial charge in [-0.3, -0.25) is 18.6 Å². The van der Waals surface area contributed by atoms with Crippen LogP contribution >= 0.6 is 0 Å². The number of pyridine rings is 1. The summed E-state index contributed by atoms with van der Waals surface area (Å²) in [6, 6.07) is 9.57. The van der Waals surface area contributed by atoms with Crippen LogP contribution in [0.5, 0.6) is 5.75 Å². The van der Waals surface area contributed by atoms with Gasteiger partial charge in [-0.1, -0.05) is 12.1 Å². The average Bonchev–Trinajstić information content (AvgIpc) is 3.47. The fraction of sp³-hybridized carbons (Fsp3) is 0.348. The summed E-state index contributed by atoms with van der Waals surface area (Å²) in [5.41, 5.74) is 1.83. The quantitative estimate of drug-likeness (QED) is 0.367. The number of ether oxygens (including phenoxy) is 1. The van der Waals surface area contributed by atoms with E-state index >= 15 is 0 Å². The fourth-order valence-corrected chi connectivity index (χ4v) is 4.57. The highest BCUT2D eigenvalue weighted by atomic mass is 32.2. The maximum atomic E-state index is 13.2. The maximum Gasteiger partial charge on any atom is 0.387 e. The third kappa shape index (κ3) is 7.06. The number of nitrogens with zero attached hydrogens (tertiary/aromatic N) is 3. The molecule has 2 unspecified atom stereocenters. The number of hydrogen-bond acceptors (Lipinski definition) is 8. The van der Waals surface area contributed by atoms with Crippen molar-refractivity contribution in [1.29, 1.82) is 0 Å². The number of halogens is 2. The van der Waals surface area contributed by atoms with Crippen LogP contribution in [0.15, 0.2) is 55.0 Å². The molecule has 10 nitrogen and oxygen atoms in total. The Morgan fingerprint density at radius 2 is 2.08 bits per heavy atom.